The summed E-state index contributed by atoms with van der Waals surface area (Å²) < 4.78 is 0. The molecule has 0 unspecified atom stereocenters. The van der Waals surface area contributed by atoms with Crippen LogP contribution in [-0.4, -0.2) is 0 Å². The summed E-state index contributed by atoms with van der Waals surface area (Å²) in [6.07, 6.45) is 0. The smallest absolute Gasteiger partial charge is 0.00992 e. The molecule has 0 saturated heterocycles. The second kappa shape index (κ2) is 4.50. The first-order valence-corrected chi connectivity index (χ1v) is 6.71. The number of fused-ring (bicyclic) bond motifs is 2. The van der Waals surface area contributed by atoms with E-state index in [0.29, 0.717) is 0 Å². The molecule has 4 rings (SSSR count). The summed E-state index contributed by atoms with van der Waals surface area (Å²) in [4.78, 5) is 0. The lowest BCUT2D eigenvalue weighted by atomic mass is 9.99. The summed E-state index contributed by atoms with van der Waals surface area (Å²) in [5.74, 6) is 0. The normalized spacial score (nSPS) is 11.0. The summed E-state index contributed by atoms with van der Waals surface area (Å²) in [6, 6.07) is 31.8. The maximum Gasteiger partial charge on any atom is -0.00992 e. The maximum atomic E-state index is 3.25. The standard InChI is InChI=1S/C20H12/c1-3-7-17-13-19(11-9-15(17)5-1)20-12-10-16-6-2-4-8-18(16)14-20/h1-4,7-14H. The molecule has 4 aromatic carbocycles. The zero-order chi connectivity index (χ0) is 13.4. The molecule has 0 aliphatic carbocycles. The van der Waals surface area contributed by atoms with Crippen LogP contribution < -0.4 is 0 Å². The Morgan fingerprint density at radius 1 is 0.550 bits per heavy atom. The van der Waals surface area contributed by atoms with E-state index in [-0.39, 0.29) is 0 Å². The fourth-order valence-corrected chi connectivity index (χ4v) is 2.60. The van der Waals surface area contributed by atoms with Gasteiger partial charge in [0.1, 0.15) is 0 Å². The molecule has 2 radical (unpaired) electrons. The van der Waals surface area contributed by atoms with Crippen molar-refractivity contribution in [2.75, 3.05) is 0 Å². The van der Waals surface area contributed by atoms with Gasteiger partial charge < -0.3 is 0 Å². The number of hydrogen-bond donors (Lipinski definition) is 0. The predicted molar refractivity (Wildman–Crippen MR) is 84.6 cm³/mol. The molecule has 20 heavy (non-hydrogen) atoms. The van der Waals surface area contributed by atoms with E-state index in [2.05, 4.69) is 60.7 Å². The Labute approximate surface area is 118 Å². The molecule has 0 aromatic heterocycles. The SMILES string of the molecule is [c]1cccc2cc(-c3ccc4[c]cccc4c3)ccc12. The first kappa shape index (κ1) is 11.2. The quantitative estimate of drug-likeness (QED) is 0.433. The molecule has 0 spiro atoms. The minimum Gasteiger partial charge on any atom is -0.0610 e. The van der Waals surface area contributed by atoms with Crippen LogP contribution in [0.15, 0.2) is 72.8 Å². The molecule has 0 atom stereocenters. The molecule has 0 amide bonds. The van der Waals surface area contributed by atoms with Crippen LogP contribution in [0.2, 0.25) is 0 Å². The molecule has 92 valence electrons. The summed E-state index contributed by atoms with van der Waals surface area (Å²) in [5, 5.41) is 4.77. The highest BCUT2D eigenvalue weighted by atomic mass is 14.1. The molecular weight excluding hydrogens is 240 g/mol. The molecule has 0 saturated carbocycles. The van der Waals surface area contributed by atoms with Crippen LogP contribution in [0.3, 0.4) is 0 Å². The van der Waals surface area contributed by atoms with Gasteiger partial charge in [-0.05, 0) is 56.9 Å². The molecule has 0 heterocycles. The van der Waals surface area contributed by atoms with E-state index in [1.165, 1.54) is 21.9 Å². The summed E-state index contributed by atoms with van der Waals surface area (Å²) in [7, 11) is 0. The van der Waals surface area contributed by atoms with Crippen LogP contribution in [0.5, 0.6) is 0 Å². The van der Waals surface area contributed by atoms with E-state index in [1.54, 1.807) is 0 Å². The van der Waals surface area contributed by atoms with Gasteiger partial charge in [0.2, 0.25) is 0 Å². The van der Waals surface area contributed by atoms with Gasteiger partial charge in [0.25, 0.3) is 0 Å². The van der Waals surface area contributed by atoms with Gasteiger partial charge in [-0.15, -0.1) is 0 Å². The highest BCUT2D eigenvalue weighted by Crippen LogP contribution is 2.27. The van der Waals surface area contributed by atoms with Crippen molar-refractivity contribution in [2.24, 2.45) is 0 Å². The van der Waals surface area contributed by atoms with Crippen molar-refractivity contribution in [3.63, 3.8) is 0 Å². The first-order chi connectivity index (χ1) is 9.90. The van der Waals surface area contributed by atoms with Crippen LogP contribution in [0.4, 0.5) is 0 Å². The second-order valence-corrected chi connectivity index (χ2v) is 4.94. The van der Waals surface area contributed by atoms with Gasteiger partial charge in [-0.3, -0.25) is 0 Å². The molecule has 0 heteroatoms. The molecule has 4 aromatic rings. The van der Waals surface area contributed by atoms with E-state index in [4.69, 9.17) is 0 Å². The Kier molecular flexibility index (Phi) is 2.53. The van der Waals surface area contributed by atoms with Crippen LogP contribution in [0, 0.1) is 12.1 Å². The summed E-state index contributed by atoms with van der Waals surface area (Å²) >= 11 is 0. The maximum absolute atomic E-state index is 3.25. The average Bonchev–Trinajstić information content (AvgIpc) is 2.54. The minimum atomic E-state index is 1.16. The van der Waals surface area contributed by atoms with E-state index >= 15 is 0 Å². The third kappa shape index (κ3) is 1.86. The van der Waals surface area contributed by atoms with Crippen LogP contribution in [-0.2, 0) is 0 Å². The summed E-state index contributed by atoms with van der Waals surface area (Å²) in [5.41, 5.74) is 2.48. The highest BCUT2D eigenvalue weighted by molar-refractivity contribution is 5.90. The van der Waals surface area contributed by atoms with Crippen molar-refractivity contribution in [3.8, 4) is 11.1 Å². The van der Waals surface area contributed by atoms with Gasteiger partial charge in [0.15, 0.2) is 0 Å². The lowest BCUT2D eigenvalue weighted by Crippen LogP contribution is -1.80. The van der Waals surface area contributed by atoms with E-state index < -0.39 is 0 Å². The van der Waals surface area contributed by atoms with Gasteiger partial charge in [-0.1, -0.05) is 60.7 Å². The van der Waals surface area contributed by atoms with Gasteiger partial charge in [0, 0.05) is 0 Å². The Balaban J connectivity index is 1.91. The Morgan fingerprint density at radius 2 is 1.05 bits per heavy atom. The number of hydrogen-bond acceptors (Lipinski definition) is 0. The molecule has 0 aliphatic rings. The Bertz CT molecular complexity index is 826. The van der Waals surface area contributed by atoms with Gasteiger partial charge >= 0.3 is 0 Å². The molecular formula is C20H12. The van der Waals surface area contributed by atoms with Crippen LogP contribution in [0.25, 0.3) is 32.7 Å². The molecule has 0 fully saturated rings. The van der Waals surface area contributed by atoms with Crippen molar-refractivity contribution in [2.45, 2.75) is 0 Å². The first-order valence-electron chi connectivity index (χ1n) is 6.71. The molecule has 0 N–H and O–H groups in total. The van der Waals surface area contributed by atoms with Crippen molar-refractivity contribution < 1.29 is 0 Å². The minimum absolute atomic E-state index is 1.16. The van der Waals surface area contributed by atoms with Gasteiger partial charge in [0.05, 0.1) is 0 Å². The number of rotatable bonds is 1. The molecule has 0 nitrogen and oxygen atoms in total. The van der Waals surface area contributed by atoms with E-state index in [0.717, 1.165) is 10.8 Å². The van der Waals surface area contributed by atoms with Crippen LogP contribution in [0.1, 0.15) is 0 Å². The topological polar surface area (TPSA) is 0 Å². The zero-order valence-electron chi connectivity index (χ0n) is 10.9. The fraction of sp³-hybridized carbons (Fsp3) is 0. The van der Waals surface area contributed by atoms with Crippen molar-refractivity contribution in [1.29, 1.82) is 0 Å². The Morgan fingerprint density at radius 3 is 1.55 bits per heavy atom. The van der Waals surface area contributed by atoms with Crippen LogP contribution >= 0.6 is 0 Å². The second-order valence-electron chi connectivity index (χ2n) is 4.94. The van der Waals surface area contributed by atoms with Crippen molar-refractivity contribution >= 4 is 21.5 Å². The lowest BCUT2D eigenvalue weighted by Gasteiger charge is -2.05. The molecule has 0 aliphatic heterocycles. The highest BCUT2D eigenvalue weighted by Gasteiger charge is 2.01. The third-order valence-corrected chi connectivity index (χ3v) is 3.66. The third-order valence-electron chi connectivity index (χ3n) is 3.66. The van der Waals surface area contributed by atoms with Crippen molar-refractivity contribution in [3.05, 3.63) is 84.9 Å². The predicted octanol–water partition coefficient (Wildman–Crippen LogP) is 5.26. The van der Waals surface area contributed by atoms with E-state index in [1.807, 2.05) is 24.3 Å². The van der Waals surface area contributed by atoms with E-state index in [9.17, 15) is 0 Å². The summed E-state index contributed by atoms with van der Waals surface area (Å²) in [6.45, 7) is 0. The largest absolute Gasteiger partial charge is 0.0610 e. The molecule has 0 bridgehead atoms. The Hall–Kier alpha value is -2.60. The fourth-order valence-electron chi connectivity index (χ4n) is 2.60. The lowest BCUT2D eigenvalue weighted by molar-refractivity contribution is 1.67. The van der Waals surface area contributed by atoms with Gasteiger partial charge in [-0.25, -0.2) is 0 Å². The van der Waals surface area contributed by atoms with Gasteiger partial charge in [-0.2, -0.15) is 0 Å². The average molecular weight is 252 g/mol. The number of benzene rings is 4. The monoisotopic (exact) mass is 252 g/mol. The zero-order valence-corrected chi connectivity index (χ0v) is 10.9. The van der Waals surface area contributed by atoms with Crippen molar-refractivity contribution in [1.82, 2.24) is 0 Å².